The second-order valence-electron chi connectivity index (χ2n) is 11.1. The van der Waals surface area contributed by atoms with Gasteiger partial charge in [-0.3, -0.25) is 4.98 Å². The SMILES string of the molecule is CCc1cccc2c(-c3cnn4cc(N5CC(C)C5)cnc34)cc(C)nc12.CN1CCCCCCCC1. The van der Waals surface area contributed by atoms with Crippen molar-refractivity contribution in [1.82, 2.24) is 24.5 Å². The van der Waals surface area contributed by atoms with Gasteiger partial charge in [0, 0.05) is 29.7 Å². The standard InChI is InChI=1S/C22H23N5.C9H19N/c1-4-16-6-5-7-18-19(8-15(3)25-21(16)18)20-10-24-27-13-17(9-23-22(20)27)26-11-14(2)12-26;1-10-8-6-4-2-3-5-7-9-10/h5-10,13-14H,4,11-12H2,1-3H3;2-9H2,1H3. The van der Waals surface area contributed by atoms with Crippen LogP contribution >= 0.6 is 0 Å². The second-order valence-corrected chi connectivity index (χ2v) is 11.1. The molecule has 6 nitrogen and oxygen atoms in total. The van der Waals surface area contributed by atoms with Crippen LogP contribution in [0.5, 0.6) is 0 Å². The summed E-state index contributed by atoms with van der Waals surface area (Å²) in [6, 6.07) is 8.57. The molecule has 1 aromatic carbocycles. The van der Waals surface area contributed by atoms with Crippen molar-refractivity contribution in [3.63, 3.8) is 0 Å². The first-order chi connectivity index (χ1) is 18.0. The first-order valence-electron chi connectivity index (χ1n) is 14.2. The van der Waals surface area contributed by atoms with Crippen LogP contribution in [0.15, 0.2) is 42.9 Å². The van der Waals surface area contributed by atoms with Crippen molar-refractivity contribution in [3.05, 3.63) is 54.1 Å². The molecule has 0 aliphatic carbocycles. The van der Waals surface area contributed by atoms with Gasteiger partial charge in [0.25, 0.3) is 0 Å². The molecule has 0 spiro atoms. The van der Waals surface area contributed by atoms with Gasteiger partial charge in [-0.25, -0.2) is 9.50 Å². The van der Waals surface area contributed by atoms with Crippen LogP contribution in [0.25, 0.3) is 27.7 Å². The Balaban J connectivity index is 0.000000237. The predicted octanol–water partition coefficient (Wildman–Crippen LogP) is 6.54. The highest BCUT2D eigenvalue weighted by atomic mass is 15.3. The number of pyridine rings is 1. The summed E-state index contributed by atoms with van der Waals surface area (Å²) < 4.78 is 1.90. The third-order valence-electron chi connectivity index (χ3n) is 7.82. The fraction of sp³-hybridized carbons (Fsp3) is 0.516. The van der Waals surface area contributed by atoms with Crippen LogP contribution in [0.2, 0.25) is 0 Å². The van der Waals surface area contributed by atoms with E-state index in [0.29, 0.717) is 0 Å². The van der Waals surface area contributed by atoms with Gasteiger partial charge in [0.2, 0.25) is 0 Å². The minimum absolute atomic E-state index is 0.757. The highest BCUT2D eigenvalue weighted by Gasteiger charge is 2.24. The first-order valence-corrected chi connectivity index (χ1v) is 14.2. The smallest absolute Gasteiger partial charge is 0.162 e. The van der Waals surface area contributed by atoms with Crippen LogP contribution < -0.4 is 4.90 Å². The van der Waals surface area contributed by atoms with E-state index in [1.807, 2.05) is 16.9 Å². The third-order valence-corrected chi connectivity index (χ3v) is 7.82. The highest BCUT2D eigenvalue weighted by molar-refractivity contribution is 5.99. The summed E-state index contributed by atoms with van der Waals surface area (Å²) in [4.78, 5) is 14.4. The Morgan fingerprint density at radius 3 is 2.38 bits per heavy atom. The minimum atomic E-state index is 0.757. The van der Waals surface area contributed by atoms with Crippen LogP contribution in [0.1, 0.15) is 63.6 Å². The van der Waals surface area contributed by atoms with Crippen molar-refractivity contribution in [2.45, 2.75) is 65.7 Å². The van der Waals surface area contributed by atoms with Crippen LogP contribution in [0.4, 0.5) is 5.69 Å². The molecule has 0 unspecified atom stereocenters. The number of hydrogen-bond acceptors (Lipinski definition) is 5. The summed E-state index contributed by atoms with van der Waals surface area (Å²) in [6.45, 7) is 11.3. The molecule has 6 heteroatoms. The quantitative estimate of drug-likeness (QED) is 0.321. The number of para-hydroxylation sites is 1. The van der Waals surface area contributed by atoms with Gasteiger partial charge in [0.1, 0.15) is 0 Å². The lowest BCUT2D eigenvalue weighted by Gasteiger charge is -2.38. The topological polar surface area (TPSA) is 49.6 Å². The van der Waals surface area contributed by atoms with Crippen molar-refractivity contribution in [3.8, 4) is 11.1 Å². The molecule has 0 amide bonds. The molecule has 0 bridgehead atoms. The Bertz CT molecular complexity index is 1330. The van der Waals surface area contributed by atoms with Gasteiger partial charge in [-0.2, -0.15) is 5.10 Å². The molecule has 0 radical (unpaired) electrons. The molecule has 0 saturated carbocycles. The van der Waals surface area contributed by atoms with Crippen LogP contribution in [0, 0.1) is 12.8 Å². The van der Waals surface area contributed by atoms with Crippen molar-refractivity contribution in [2.24, 2.45) is 5.92 Å². The summed E-state index contributed by atoms with van der Waals surface area (Å²) in [5.74, 6) is 0.757. The number of fused-ring (bicyclic) bond motifs is 2. The largest absolute Gasteiger partial charge is 0.368 e. The van der Waals surface area contributed by atoms with E-state index < -0.39 is 0 Å². The number of hydrogen-bond donors (Lipinski definition) is 0. The zero-order valence-electron chi connectivity index (χ0n) is 23.1. The number of aryl methyl sites for hydroxylation is 2. The molecular weight excluding hydrogens is 456 g/mol. The molecule has 37 heavy (non-hydrogen) atoms. The molecule has 4 aromatic rings. The van der Waals surface area contributed by atoms with E-state index in [1.54, 1.807) is 0 Å². The molecule has 0 atom stereocenters. The molecule has 2 aliphatic heterocycles. The molecule has 2 saturated heterocycles. The minimum Gasteiger partial charge on any atom is -0.368 e. The fourth-order valence-electron chi connectivity index (χ4n) is 5.65. The second kappa shape index (κ2) is 11.6. The van der Waals surface area contributed by atoms with E-state index in [1.165, 1.54) is 57.2 Å². The van der Waals surface area contributed by atoms with Crippen molar-refractivity contribution in [2.75, 3.05) is 38.1 Å². The van der Waals surface area contributed by atoms with E-state index in [2.05, 4.69) is 73.2 Å². The summed E-state index contributed by atoms with van der Waals surface area (Å²) in [5.41, 5.74) is 7.61. The van der Waals surface area contributed by atoms with Gasteiger partial charge in [-0.15, -0.1) is 0 Å². The lowest BCUT2D eigenvalue weighted by atomic mass is 9.99. The Labute approximate surface area is 221 Å². The van der Waals surface area contributed by atoms with Gasteiger partial charge < -0.3 is 9.80 Å². The monoisotopic (exact) mass is 498 g/mol. The van der Waals surface area contributed by atoms with Gasteiger partial charge >= 0.3 is 0 Å². The molecule has 5 heterocycles. The maximum atomic E-state index is 4.81. The van der Waals surface area contributed by atoms with Crippen LogP contribution in [-0.2, 0) is 6.42 Å². The van der Waals surface area contributed by atoms with E-state index >= 15 is 0 Å². The zero-order chi connectivity index (χ0) is 25.8. The molecule has 3 aromatic heterocycles. The third kappa shape index (κ3) is 5.80. The Morgan fingerprint density at radius 2 is 1.68 bits per heavy atom. The van der Waals surface area contributed by atoms with Crippen LogP contribution in [0.3, 0.4) is 0 Å². The summed E-state index contributed by atoms with van der Waals surface area (Å²) in [6.07, 6.45) is 15.6. The van der Waals surface area contributed by atoms with Crippen molar-refractivity contribution in [1.29, 1.82) is 0 Å². The maximum absolute atomic E-state index is 4.81. The lowest BCUT2D eigenvalue weighted by Crippen LogP contribution is -2.45. The van der Waals surface area contributed by atoms with E-state index in [0.717, 1.165) is 64.5 Å². The normalized spacial score (nSPS) is 17.6. The average molecular weight is 499 g/mol. The van der Waals surface area contributed by atoms with Crippen LogP contribution in [-0.4, -0.2) is 57.7 Å². The van der Waals surface area contributed by atoms with Gasteiger partial charge in [-0.05, 0) is 69.4 Å². The number of aromatic nitrogens is 4. The lowest BCUT2D eigenvalue weighted by molar-refractivity contribution is 0.327. The van der Waals surface area contributed by atoms with E-state index in [4.69, 9.17) is 9.97 Å². The summed E-state index contributed by atoms with van der Waals surface area (Å²) in [7, 11) is 2.24. The molecule has 196 valence electrons. The first kappa shape index (κ1) is 25.7. The average Bonchev–Trinajstić information content (AvgIpc) is 3.35. The molecule has 2 aliphatic rings. The predicted molar refractivity (Wildman–Crippen MR) is 154 cm³/mol. The number of rotatable bonds is 3. The Hall–Kier alpha value is -2.99. The zero-order valence-corrected chi connectivity index (χ0v) is 23.1. The molecule has 6 rings (SSSR count). The number of nitrogens with zero attached hydrogens (tertiary/aromatic N) is 6. The maximum Gasteiger partial charge on any atom is 0.162 e. The number of anilines is 1. The van der Waals surface area contributed by atoms with Gasteiger partial charge in [-0.1, -0.05) is 57.7 Å². The molecular formula is C31H42N6. The number of benzene rings is 1. The summed E-state index contributed by atoms with van der Waals surface area (Å²) >= 11 is 0. The van der Waals surface area contributed by atoms with Gasteiger partial charge in [0.05, 0.1) is 29.8 Å². The van der Waals surface area contributed by atoms with Crippen molar-refractivity contribution >= 4 is 22.2 Å². The van der Waals surface area contributed by atoms with Crippen molar-refractivity contribution < 1.29 is 0 Å². The Morgan fingerprint density at radius 1 is 0.946 bits per heavy atom. The van der Waals surface area contributed by atoms with E-state index in [9.17, 15) is 0 Å². The fourth-order valence-corrected chi connectivity index (χ4v) is 5.65. The highest BCUT2D eigenvalue weighted by Crippen LogP contribution is 2.33. The summed E-state index contributed by atoms with van der Waals surface area (Å²) in [5, 5.41) is 5.77. The molecule has 2 fully saturated rings. The molecule has 0 N–H and O–H groups in total. The van der Waals surface area contributed by atoms with Gasteiger partial charge in [0.15, 0.2) is 5.65 Å². The Kier molecular flexibility index (Phi) is 8.04. The van der Waals surface area contributed by atoms with E-state index in [-0.39, 0.29) is 0 Å².